The second-order valence-corrected chi connectivity index (χ2v) is 4.80. The Morgan fingerprint density at radius 3 is 2.88 bits per heavy atom. The minimum Gasteiger partial charge on any atom is -0.264 e. The van der Waals surface area contributed by atoms with Gasteiger partial charge in [-0.3, -0.25) is 4.98 Å². The van der Waals surface area contributed by atoms with Gasteiger partial charge in [-0.2, -0.15) is 5.26 Å². The van der Waals surface area contributed by atoms with Gasteiger partial charge in [-0.05, 0) is 35.7 Å². The van der Waals surface area contributed by atoms with Crippen molar-refractivity contribution >= 4 is 21.4 Å². The van der Waals surface area contributed by atoms with Crippen LogP contribution in [0.1, 0.15) is 5.56 Å². The first-order valence-corrected chi connectivity index (χ1v) is 6.02. The third-order valence-electron chi connectivity index (χ3n) is 2.59. The van der Waals surface area contributed by atoms with Crippen molar-refractivity contribution in [2.45, 2.75) is 0 Å². The summed E-state index contributed by atoms with van der Waals surface area (Å²) in [7, 11) is 0. The lowest BCUT2D eigenvalue weighted by molar-refractivity contribution is 1.33. The zero-order chi connectivity index (χ0) is 11.7. The van der Waals surface area contributed by atoms with E-state index in [1.165, 1.54) is 9.58 Å². The molecule has 1 aromatic carbocycles. The highest BCUT2D eigenvalue weighted by atomic mass is 32.1. The Kier molecular flexibility index (Phi) is 2.36. The molecule has 0 amide bonds. The summed E-state index contributed by atoms with van der Waals surface area (Å²) in [4.78, 5) is 5.30. The average Bonchev–Trinajstić information content (AvgIpc) is 2.82. The maximum Gasteiger partial charge on any atom is 0.0991 e. The largest absolute Gasteiger partial charge is 0.264 e. The summed E-state index contributed by atoms with van der Waals surface area (Å²) in [6.07, 6.45) is 3.63. The quantitative estimate of drug-likeness (QED) is 0.643. The van der Waals surface area contributed by atoms with Gasteiger partial charge in [0.1, 0.15) is 0 Å². The van der Waals surface area contributed by atoms with Gasteiger partial charge in [0.15, 0.2) is 0 Å². The van der Waals surface area contributed by atoms with Crippen LogP contribution in [-0.4, -0.2) is 4.98 Å². The molecule has 0 atom stereocenters. The van der Waals surface area contributed by atoms with Crippen molar-refractivity contribution in [3.05, 3.63) is 54.4 Å². The number of benzene rings is 1. The predicted molar refractivity (Wildman–Crippen MR) is 69.8 cm³/mol. The third-order valence-corrected chi connectivity index (χ3v) is 3.76. The molecule has 2 heterocycles. The van der Waals surface area contributed by atoms with Crippen LogP contribution < -0.4 is 0 Å². The lowest BCUT2D eigenvalue weighted by Crippen LogP contribution is -1.72. The highest BCUT2D eigenvalue weighted by Crippen LogP contribution is 2.33. The number of hydrogen-bond donors (Lipinski definition) is 0. The lowest BCUT2D eigenvalue weighted by atomic mass is 10.1. The molecule has 0 unspecified atom stereocenters. The summed E-state index contributed by atoms with van der Waals surface area (Å²) < 4.78 is 1.20. The summed E-state index contributed by atoms with van der Waals surface area (Å²) in [6.45, 7) is 0. The van der Waals surface area contributed by atoms with Gasteiger partial charge in [0.05, 0.1) is 11.6 Å². The number of pyridine rings is 1. The second-order valence-electron chi connectivity index (χ2n) is 3.72. The highest BCUT2D eigenvalue weighted by Gasteiger charge is 2.04. The van der Waals surface area contributed by atoms with E-state index in [2.05, 4.69) is 17.1 Å². The SMILES string of the molecule is N#Cc1ccc2sc(-c3cccnc3)cc2c1. The number of fused-ring (bicyclic) bond motifs is 1. The van der Waals surface area contributed by atoms with Crippen LogP contribution in [-0.2, 0) is 0 Å². The van der Waals surface area contributed by atoms with Crippen LogP contribution >= 0.6 is 11.3 Å². The first-order valence-electron chi connectivity index (χ1n) is 5.21. The van der Waals surface area contributed by atoms with E-state index in [0.717, 1.165) is 10.9 Å². The van der Waals surface area contributed by atoms with Crippen molar-refractivity contribution in [3.63, 3.8) is 0 Å². The Morgan fingerprint density at radius 1 is 1.18 bits per heavy atom. The van der Waals surface area contributed by atoms with Crippen molar-refractivity contribution < 1.29 is 0 Å². The monoisotopic (exact) mass is 236 g/mol. The van der Waals surface area contributed by atoms with E-state index in [-0.39, 0.29) is 0 Å². The summed E-state index contributed by atoms with van der Waals surface area (Å²) in [6, 6.07) is 14.0. The number of aromatic nitrogens is 1. The normalized spacial score (nSPS) is 10.3. The van der Waals surface area contributed by atoms with E-state index in [9.17, 15) is 0 Å². The standard InChI is InChI=1S/C14H8N2S/c15-8-10-3-4-13-12(6-10)7-14(17-13)11-2-1-5-16-9-11/h1-7,9H. The summed E-state index contributed by atoms with van der Waals surface area (Å²) in [5.41, 5.74) is 1.82. The average molecular weight is 236 g/mol. The predicted octanol–water partition coefficient (Wildman–Crippen LogP) is 3.83. The molecule has 0 N–H and O–H groups in total. The Labute approximate surface area is 103 Å². The summed E-state index contributed by atoms with van der Waals surface area (Å²) >= 11 is 1.72. The molecule has 2 aromatic heterocycles. The molecule has 0 aliphatic rings. The molecule has 80 valence electrons. The van der Waals surface area contributed by atoms with Crippen molar-refractivity contribution in [3.8, 4) is 16.5 Å². The number of hydrogen-bond acceptors (Lipinski definition) is 3. The van der Waals surface area contributed by atoms with Gasteiger partial charge in [0.25, 0.3) is 0 Å². The van der Waals surface area contributed by atoms with Crippen LogP contribution in [0.3, 0.4) is 0 Å². The van der Waals surface area contributed by atoms with Crippen LogP contribution in [0.5, 0.6) is 0 Å². The van der Waals surface area contributed by atoms with Crippen LogP contribution in [0.4, 0.5) is 0 Å². The Bertz CT molecular complexity index is 708. The minimum atomic E-state index is 0.702. The fourth-order valence-corrected chi connectivity index (χ4v) is 2.80. The minimum absolute atomic E-state index is 0.702. The number of nitrogens with zero attached hydrogens (tertiary/aromatic N) is 2. The Morgan fingerprint density at radius 2 is 2.12 bits per heavy atom. The van der Waals surface area contributed by atoms with Crippen LogP contribution in [0.2, 0.25) is 0 Å². The third kappa shape index (κ3) is 1.79. The fourth-order valence-electron chi connectivity index (χ4n) is 1.76. The molecule has 0 aliphatic heterocycles. The van der Waals surface area contributed by atoms with Gasteiger partial charge in [-0.15, -0.1) is 11.3 Å². The van der Waals surface area contributed by atoms with E-state index in [1.807, 2.05) is 36.5 Å². The van der Waals surface area contributed by atoms with Crippen molar-refractivity contribution in [2.75, 3.05) is 0 Å². The highest BCUT2D eigenvalue weighted by molar-refractivity contribution is 7.22. The van der Waals surface area contributed by atoms with Gasteiger partial charge >= 0.3 is 0 Å². The van der Waals surface area contributed by atoms with Crippen molar-refractivity contribution in [1.82, 2.24) is 4.98 Å². The van der Waals surface area contributed by atoms with Crippen LogP contribution in [0, 0.1) is 11.3 Å². The molecule has 0 radical (unpaired) electrons. The molecule has 2 nitrogen and oxygen atoms in total. The Balaban J connectivity index is 2.18. The topological polar surface area (TPSA) is 36.7 Å². The van der Waals surface area contributed by atoms with Gasteiger partial charge in [-0.1, -0.05) is 6.07 Å². The molecule has 3 heteroatoms. The molecule has 0 saturated carbocycles. The molecule has 0 saturated heterocycles. The molecular formula is C14H8N2S. The zero-order valence-electron chi connectivity index (χ0n) is 8.92. The van der Waals surface area contributed by atoms with Gasteiger partial charge in [0.2, 0.25) is 0 Å². The zero-order valence-corrected chi connectivity index (χ0v) is 9.74. The molecule has 0 aliphatic carbocycles. The first-order chi connectivity index (χ1) is 8.36. The van der Waals surface area contributed by atoms with Crippen LogP contribution in [0.25, 0.3) is 20.5 Å². The lowest BCUT2D eigenvalue weighted by Gasteiger charge is -1.92. The molecule has 0 bridgehead atoms. The summed E-state index contributed by atoms with van der Waals surface area (Å²) in [5.74, 6) is 0. The van der Waals surface area contributed by atoms with E-state index >= 15 is 0 Å². The van der Waals surface area contributed by atoms with Gasteiger partial charge < -0.3 is 0 Å². The molecule has 0 fully saturated rings. The van der Waals surface area contributed by atoms with Crippen molar-refractivity contribution in [1.29, 1.82) is 5.26 Å². The fraction of sp³-hybridized carbons (Fsp3) is 0. The van der Waals surface area contributed by atoms with E-state index < -0.39 is 0 Å². The maximum absolute atomic E-state index is 8.86. The van der Waals surface area contributed by atoms with Crippen molar-refractivity contribution in [2.24, 2.45) is 0 Å². The van der Waals surface area contributed by atoms with E-state index in [4.69, 9.17) is 5.26 Å². The summed E-state index contributed by atoms with van der Waals surface area (Å²) in [5, 5.41) is 9.98. The van der Waals surface area contributed by atoms with Gasteiger partial charge in [0, 0.05) is 27.5 Å². The van der Waals surface area contributed by atoms with E-state index in [1.54, 1.807) is 17.5 Å². The first kappa shape index (κ1) is 10.0. The molecule has 3 aromatic rings. The second kappa shape index (κ2) is 4.00. The smallest absolute Gasteiger partial charge is 0.0991 e. The molecular weight excluding hydrogens is 228 g/mol. The maximum atomic E-state index is 8.86. The number of rotatable bonds is 1. The number of thiophene rings is 1. The van der Waals surface area contributed by atoms with Gasteiger partial charge in [-0.25, -0.2) is 0 Å². The molecule has 17 heavy (non-hydrogen) atoms. The number of nitriles is 1. The molecule has 0 spiro atoms. The molecule has 3 rings (SSSR count). The van der Waals surface area contributed by atoms with E-state index in [0.29, 0.717) is 5.56 Å². The van der Waals surface area contributed by atoms with Crippen LogP contribution in [0.15, 0.2) is 48.8 Å². The Hall–Kier alpha value is -2.18.